The van der Waals surface area contributed by atoms with Crippen molar-refractivity contribution in [2.24, 2.45) is 5.41 Å². The molecule has 25 heavy (non-hydrogen) atoms. The third kappa shape index (κ3) is 3.07. The van der Waals surface area contributed by atoms with E-state index in [1.54, 1.807) is 0 Å². The van der Waals surface area contributed by atoms with Crippen LogP contribution in [-0.4, -0.2) is 47.9 Å². The average molecular weight is 379 g/mol. The van der Waals surface area contributed by atoms with Crippen molar-refractivity contribution in [2.75, 3.05) is 19.6 Å². The molecule has 2 fully saturated rings. The maximum absolute atomic E-state index is 13.3. The molecular weight excluding hydrogens is 364 g/mol. The number of carbonyl (C=O) groups is 2. The van der Waals surface area contributed by atoms with E-state index in [1.807, 2.05) is 0 Å². The van der Waals surface area contributed by atoms with Gasteiger partial charge in [0.05, 0.1) is 11.1 Å². The summed E-state index contributed by atoms with van der Waals surface area (Å²) in [6.07, 6.45) is -4.44. The lowest BCUT2D eigenvalue weighted by Crippen LogP contribution is -2.53. The van der Waals surface area contributed by atoms with Crippen molar-refractivity contribution < 1.29 is 27.2 Å². The first-order chi connectivity index (χ1) is 11.7. The molecule has 4 nitrogen and oxygen atoms in total. The van der Waals surface area contributed by atoms with Crippen molar-refractivity contribution in [3.05, 3.63) is 34.6 Å². The Morgan fingerprint density at radius 3 is 2.48 bits per heavy atom. The van der Waals surface area contributed by atoms with E-state index in [-0.39, 0.29) is 37.5 Å². The van der Waals surface area contributed by atoms with Crippen LogP contribution in [0.1, 0.15) is 24.4 Å². The molecule has 1 aromatic rings. The lowest BCUT2D eigenvalue weighted by Gasteiger charge is -2.41. The summed E-state index contributed by atoms with van der Waals surface area (Å²) in [5, 5.41) is -0.152. The summed E-state index contributed by atoms with van der Waals surface area (Å²) in [7, 11) is 0. The van der Waals surface area contributed by atoms with E-state index < -0.39 is 29.4 Å². The molecule has 0 spiro atoms. The van der Waals surface area contributed by atoms with E-state index in [0.717, 1.165) is 11.0 Å². The molecule has 1 unspecified atom stereocenters. The molecule has 2 amide bonds. The molecule has 0 N–H and O–H groups in total. The largest absolute Gasteiger partial charge is 0.403 e. The summed E-state index contributed by atoms with van der Waals surface area (Å²) in [5.74, 6) is -1.59. The number of carbonyl (C=O) groups excluding carboxylic acids is 2. The molecular formula is C16H15ClF4N2O2. The zero-order valence-corrected chi connectivity index (χ0v) is 13.8. The minimum Gasteiger partial charge on any atom is -0.338 e. The molecule has 1 aliphatic carbocycles. The zero-order chi connectivity index (χ0) is 18.4. The van der Waals surface area contributed by atoms with Crippen LogP contribution in [-0.2, 0) is 9.59 Å². The fourth-order valence-corrected chi connectivity index (χ4v) is 3.36. The summed E-state index contributed by atoms with van der Waals surface area (Å²) in [4.78, 5) is 26.2. The Morgan fingerprint density at radius 1 is 1.28 bits per heavy atom. The number of benzene rings is 1. The van der Waals surface area contributed by atoms with Gasteiger partial charge in [-0.25, -0.2) is 4.39 Å². The average Bonchev–Trinajstić information content (AvgIpc) is 3.38. The first kappa shape index (κ1) is 18.0. The smallest absolute Gasteiger partial charge is 0.338 e. The van der Waals surface area contributed by atoms with E-state index in [1.165, 1.54) is 17.0 Å². The van der Waals surface area contributed by atoms with Gasteiger partial charge in [-0.3, -0.25) is 9.59 Å². The molecule has 2 aliphatic rings. The third-order valence-electron chi connectivity index (χ3n) is 4.87. The van der Waals surface area contributed by atoms with Gasteiger partial charge in [-0.05, 0) is 30.5 Å². The monoisotopic (exact) mass is 378 g/mol. The van der Waals surface area contributed by atoms with Crippen molar-refractivity contribution >= 4 is 23.9 Å². The quantitative estimate of drug-likeness (QED) is 0.599. The number of hydrogen-bond donors (Lipinski definition) is 0. The Labute approximate surface area is 146 Å². The number of rotatable bonds is 3. The lowest BCUT2D eigenvalue weighted by molar-refractivity contribution is -0.200. The minimum atomic E-state index is -4.58. The fraction of sp³-hybridized carbons (Fsp3) is 0.500. The maximum Gasteiger partial charge on any atom is 0.403 e. The van der Waals surface area contributed by atoms with Gasteiger partial charge >= 0.3 is 6.18 Å². The predicted molar refractivity (Wildman–Crippen MR) is 81.2 cm³/mol. The Morgan fingerprint density at radius 2 is 1.96 bits per heavy atom. The van der Waals surface area contributed by atoms with Gasteiger partial charge in [0.15, 0.2) is 0 Å². The van der Waals surface area contributed by atoms with Crippen LogP contribution in [0.4, 0.5) is 17.6 Å². The Balaban J connectivity index is 1.85. The summed E-state index contributed by atoms with van der Waals surface area (Å²) in [6.45, 7) is 0.0427. The highest BCUT2D eigenvalue weighted by Gasteiger charge is 2.69. The Bertz CT molecular complexity index is 706. The number of hydrogen-bond acceptors (Lipinski definition) is 2. The van der Waals surface area contributed by atoms with Crippen molar-refractivity contribution in [3.8, 4) is 0 Å². The second kappa shape index (κ2) is 6.16. The molecule has 1 saturated heterocycles. The van der Waals surface area contributed by atoms with Crippen LogP contribution < -0.4 is 0 Å². The van der Waals surface area contributed by atoms with E-state index >= 15 is 0 Å². The van der Waals surface area contributed by atoms with Crippen LogP contribution in [0.25, 0.3) is 0 Å². The molecule has 1 aliphatic heterocycles. The highest BCUT2D eigenvalue weighted by molar-refractivity contribution is 6.30. The predicted octanol–water partition coefficient (Wildman–Crippen LogP) is 3.16. The summed E-state index contributed by atoms with van der Waals surface area (Å²) in [6, 6.07) is 3.19. The maximum atomic E-state index is 13.3. The fourth-order valence-electron chi connectivity index (χ4n) is 3.17. The number of alkyl halides is 3. The highest BCUT2D eigenvalue weighted by atomic mass is 35.5. The molecule has 3 rings (SSSR count). The minimum absolute atomic E-state index is 0.0286. The Kier molecular flexibility index (Phi) is 4.43. The standard InChI is InChI=1S/C16H15ClF4N2O2/c17-11-7-10(1-2-12(11)18)13-8-22(5-6-23(13)9-24)14(25)15(3-4-15)16(19,20)21/h1-2,7,9,13H,3-6,8H2. The number of nitrogens with zero attached hydrogens (tertiary/aromatic N) is 2. The highest BCUT2D eigenvalue weighted by Crippen LogP contribution is 2.58. The first-order valence-electron chi connectivity index (χ1n) is 7.72. The van der Waals surface area contributed by atoms with E-state index in [2.05, 4.69) is 0 Å². The van der Waals surface area contributed by atoms with Crippen LogP contribution in [0.5, 0.6) is 0 Å². The van der Waals surface area contributed by atoms with Gasteiger partial charge in [0.2, 0.25) is 12.3 Å². The van der Waals surface area contributed by atoms with Crippen LogP contribution in [0.2, 0.25) is 5.02 Å². The third-order valence-corrected chi connectivity index (χ3v) is 5.16. The lowest BCUT2D eigenvalue weighted by atomic mass is 9.99. The van der Waals surface area contributed by atoms with Crippen molar-refractivity contribution in [2.45, 2.75) is 25.1 Å². The normalized spacial score (nSPS) is 22.7. The van der Waals surface area contributed by atoms with Crippen molar-refractivity contribution in [3.63, 3.8) is 0 Å². The van der Waals surface area contributed by atoms with Gasteiger partial charge in [0, 0.05) is 19.6 Å². The molecule has 0 bridgehead atoms. The first-order valence-corrected chi connectivity index (χ1v) is 8.09. The number of amides is 2. The summed E-state index contributed by atoms with van der Waals surface area (Å²) < 4.78 is 52.9. The molecule has 1 heterocycles. The van der Waals surface area contributed by atoms with Crippen molar-refractivity contribution in [1.82, 2.24) is 9.80 Å². The molecule has 1 saturated carbocycles. The van der Waals surface area contributed by atoms with Gasteiger partial charge in [0.1, 0.15) is 11.2 Å². The SMILES string of the molecule is O=CN1CCN(C(=O)C2(C(F)(F)F)CC2)CC1c1ccc(F)c(Cl)c1. The van der Waals surface area contributed by atoms with Gasteiger partial charge in [-0.15, -0.1) is 0 Å². The summed E-state index contributed by atoms with van der Waals surface area (Å²) in [5.41, 5.74) is -1.82. The van der Waals surface area contributed by atoms with Gasteiger partial charge in [0.25, 0.3) is 0 Å². The van der Waals surface area contributed by atoms with Gasteiger partial charge in [-0.2, -0.15) is 13.2 Å². The van der Waals surface area contributed by atoms with Gasteiger partial charge in [-0.1, -0.05) is 17.7 Å². The van der Waals surface area contributed by atoms with E-state index in [0.29, 0.717) is 12.0 Å². The van der Waals surface area contributed by atoms with Gasteiger partial charge < -0.3 is 9.80 Å². The van der Waals surface area contributed by atoms with Crippen LogP contribution >= 0.6 is 11.6 Å². The molecule has 1 aromatic carbocycles. The summed E-state index contributed by atoms with van der Waals surface area (Å²) >= 11 is 5.75. The second-order valence-corrected chi connectivity index (χ2v) is 6.77. The number of piperazine rings is 1. The van der Waals surface area contributed by atoms with E-state index in [4.69, 9.17) is 11.6 Å². The molecule has 0 aromatic heterocycles. The molecule has 1 atom stereocenters. The second-order valence-electron chi connectivity index (χ2n) is 6.36. The number of halogens is 5. The van der Waals surface area contributed by atoms with Crippen LogP contribution in [0.3, 0.4) is 0 Å². The van der Waals surface area contributed by atoms with Crippen molar-refractivity contribution in [1.29, 1.82) is 0 Å². The molecule has 9 heteroatoms. The van der Waals surface area contributed by atoms with E-state index in [9.17, 15) is 27.2 Å². The molecule has 136 valence electrons. The van der Waals surface area contributed by atoms with Crippen LogP contribution in [0, 0.1) is 11.2 Å². The topological polar surface area (TPSA) is 40.6 Å². The Hall–Kier alpha value is -1.83. The zero-order valence-electron chi connectivity index (χ0n) is 13.0. The molecule has 0 radical (unpaired) electrons. The van der Waals surface area contributed by atoms with Crippen LogP contribution in [0.15, 0.2) is 18.2 Å².